The second kappa shape index (κ2) is 3.76. The molecule has 10 heteroatoms. The normalized spacial score (nSPS) is 10.4. The van der Waals surface area contributed by atoms with Crippen LogP contribution in [0.4, 0.5) is 17.3 Å². The summed E-state index contributed by atoms with van der Waals surface area (Å²) < 4.78 is 4.67. The SMILES string of the molecule is O=[N+]([O-])c1oc2cccc([N+](=O)[O-])c2c1[N+](=O)[O-]. The zero-order chi connectivity index (χ0) is 13.4. The third kappa shape index (κ3) is 1.52. The molecule has 1 aromatic carbocycles. The Hall–Kier alpha value is -3.04. The van der Waals surface area contributed by atoms with Crippen molar-refractivity contribution in [2.24, 2.45) is 0 Å². The van der Waals surface area contributed by atoms with Crippen molar-refractivity contribution < 1.29 is 19.2 Å². The summed E-state index contributed by atoms with van der Waals surface area (Å²) in [5.74, 6) is -1.12. The summed E-state index contributed by atoms with van der Waals surface area (Å²) in [6, 6.07) is 3.41. The van der Waals surface area contributed by atoms with E-state index >= 15 is 0 Å². The second-order valence-electron chi connectivity index (χ2n) is 3.18. The van der Waals surface area contributed by atoms with Gasteiger partial charge in [-0.05, 0) is 6.07 Å². The number of hydrogen-bond acceptors (Lipinski definition) is 7. The number of nitrogens with zero attached hydrogens (tertiary/aromatic N) is 3. The number of non-ortho nitro benzene ring substituents is 1. The van der Waals surface area contributed by atoms with E-state index in [2.05, 4.69) is 4.42 Å². The fourth-order valence-corrected chi connectivity index (χ4v) is 1.55. The second-order valence-corrected chi connectivity index (χ2v) is 3.18. The first kappa shape index (κ1) is 11.4. The maximum absolute atomic E-state index is 10.8. The molecule has 0 radical (unpaired) electrons. The molecule has 0 aliphatic carbocycles. The zero-order valence-corrected chi connectivity index (χ0v) is 8.43. The Morgan fingerprint density at radius 1 is 0.944 bits per heavy atom. The largest absolute Gasteiger partial charge is 0.513 e. The Morgan fingerprint density at radius 3 is 2.11 bits per heavy atom. The van der Waals surface area contributed by atoms with Gasteiger partial charge in [-0.3, -0.25) is 30.3 Å². The minimum Gasteiger partial charge on any atom is -0.395 e. The molecule has 1 heterocycles. The van der Waals surface area contributed by atoms with Crippen LogP contribution < -0.4 is 0 Å². The van der Waals surface area contributed by atoms with Gasteiger partial charge in [0, 0.05) is 6.07 Å². The van der Waals surface area contributed by atoms with Crippen LogP contribution in [-0.2, 0) is 0 Å². The Bertz CT molecular complexity index is 689. The first-order valence-electron chi connectivity index (χ1n) is 4.42. The van der Waals surface area contributed by atoms with Crippen molar-refractivity contribution in [1.82, 2.24) is 0 Å². The van der Waals surface area contributed by atoms with E-state index in [1.165, 1.54) is 12.1 Å². The smallest absolute Gasteiger partial charge is 0.395 e. The number of nitro benzene ring substituents is 1. The number of fused-ring (bicyclic) bond motifs is 1. The molecule has 0 aliphatic heterocycles. The van der Waals surface area contributed by atoms with Gasteiger partial charge in [0.15, 0.2) is 11.0 Å². The predicted molar refractivity (Wildman–Crippen MR) is 56.2 cm³/mol. The van der Waals surface area contributed by atoms with Crippen LogP contribution in [0.1, 0.15) is 0 Å². The third-order valence-corrected chi connectivity index (χ3v) is 2.20. The molecule has 0 spiro atoms. The van der Waals surface area contributed by atoms with Crippen LogP contribution in [0.3, 0.4) is 0 Å². The van der Waals surface area contributed by atoms with E-state index < -0.39 is 37.4 Å². The molecule has 0 aliphatic rings. The highest BCUT2D eigenvalue weighted by atomic mass is 16.7. The minimum atomic E-state index is -1.12. The lowest BCUT2D eigenvalue weighted by molar-refractivity contribution is -0.432. The lowest BCUT2D eigenvalue weighted by Crippen LogP contribution is -1.95. The van der Waals surface area contributed by atoms with Crippen LogP contribution in [-0.4, -0.2) is 14.8 Å². The topological polar surface area (TPSA) is 143 Å². The monoisotopic (exact) mass is 253 g/mol. The summed E-state index contributed by atoms with van der Waals surface area (Å²) in [5, 5.41) is 31.7. The van der Waals surface area contributed by atoms with Crippen molar-refractivity contribution >= 4 is 28.2 Å². The zero-order valence-electron chi connectivity index (χ0n) is 8.43. The summed E-state index contributed by atoms with van der Waals surface area (Å²) in [6.45, 7) is 0. The van der Waals surface area contributed by atoms with Gasteiger partial charge in [0.25, 0.3) is 5.69 Å². The Balaban J connectivity index is 2.97. The van der Waals surface area contributed by atoms with Crippen LogP contribution in [0, 0.1) is 30.3 Å². The minimum absolute atomic E-state index is 0.275. The quantitative estimate of drug-likeness (QED) is 0.601. The molecule has 0 saturated heterocycles. The Morgan fingerprint density at radius 2 is 1.61 bits per heavy atom. The molecule has 10 nitrogen and oxygen atoms in total. The van der Waals surface area contributed by atoms with Gasteiger partial charge in [-0.15, -0.1) is 0 Å². The number of hydrogen-bond donors (Lipinski definition) is 0. The summed E-state index contributed by atoms with van der Waals surface area (Å²) in [5.41, 5.74) is -1.90. The molecule has 0 amide bonds. The van der Waals surface area contributed by atoms with Crippen LogP contribution in [0.2, 0.25) is 0 Å². The average Bonchev–Trinajstić information content (AvgIpc) is 2.67. The average molecular weight is 253 g/mol. The molecule has 2 rings (SSSR count). The lowest BCUT2D eigenvalue weighted by atomic mass is 10.2. The van der Waals surface area contributed by atoms with Gasteiger partial charge >= 0.3 is 11.6 Å². The molecule has 0 fully saturated rings. The molecule has 18 heavy (non-hydrogen) atoms. The number of rotatable bonds is 3. The van der Waals surface area contributed by atoms with Gasteiger partial charge < -0.3 is 4.42 Å². The molecule has 0 unspecified atom stereocenters. The van der Waals surface area contributed by atoms with Crippen LogP contribution in [0.15, 0.2) is 22.6 Å². The lowest BCUT2D eigenvalue weighted by Gasteiger charge is -1.91. The molecule has 0 bridgehead atoms. The standard InChI is InChI=1S/C8H3N3O7/c12-9(13)4-2-1-3-5-6(4)7(10(14)15)8(18-5)11(16)17/h1-3H. The number of benzene rings is 1. The van der Waals surface area contributed by atoms with E-state index in [4.69, 9.17) is 0 Å². The summed E-state index contributed by atoms with van der Waals surface area (Å²) in [7, 11) is 0. The fraction of sp³-hybridized carbons (Fsp3) is 0. The van der Waals surface area contributed by atoms with Crippen molar-refractivity contribution in [3.05, 3.63) is 48.5 Å². The molecular weight excluding hydrogens is 250 g/mol. The summed E-state index contributed by atoms with van der Waals surface area (Å²) in [6.07, 6.45) is 0. The Labute approximate surface area is 96.9 Å². The van der Waals surface area contributed by atoms with E-state index in [-0.39, 0.29) is 5.58 Å². The highest BCUT2D eigenvalue weighted by molar-refractivity contribution is 5.98. The van der Waals surface area contributed by atoms with Crippen LogP contribution in [0.5, 0.6) is 0 Å². The fourth-order valence-electron chi connectivity index (χ4n) is 1.55. The molecule has 0 atom stereocenters. The molecular formula is C8H3N3O7. The van der Waals surface area contributed by atoms with E-state index in [1.54, 1.807) is 0 Å². The molecule has 0 N–H and O–H groups in total. The van der Waals surface area contributed by atoms with E-state index in [0.29, 0.717) is 0 Å². The van der Waals surface area contributed by atoms with Crippen molar-refractivity contribution in [2.45, 2.75) is 0 Å². The van der Waals surface area contributed by atoms with Gasteiger partial charge in [-0.1, -0.05) is 6.07 Å². The van der Waals surface area contributed by atoms with Crippen LogP contribution >= 0.6 is 0 Å². The van der Waals surface area contributed by atoms with E-state index in [9.17, 15) is 30.3 Å². The van der Waals surface area contributed by atoms with Gasteiger partial charge in [0.1, 0.15) is 4.92 Å². The van der Waals surface area contributed by atoms with Gasteiger partial charge in [0.2, 0.25) is 0 Å². The van der Waals surface area contributed by atoms with Gasteiger partial charge in [-0.2, -0.15) is 0 Å². The summed E-state index contributed by atoms with van der Waals surface area (Å²) in [4.78, 5) is 29.1. The van der Waals surface area contributed by atoms with Gasteiger partial charge in [-0.25, -0.2) is 0 Å². The third-order valence-electron chi connectivity index (χ3n) is 2.20. The molecule has 1 aromatic heterocycles. The van der Waals surface area contributed by atoms with Crippen molar-refractivity contribution in [3.63, 3.8) is 0 Å². The first-order valence-corrected chi connectivity index (χ1v) is 4.42. The Kier molecular flexibility index (Phi) is 2.39. The highest BCUT2D eigenvalue weighted by Gasteiger charge is 2.38. The van der Waals surface area contributed by atoms with Crippen LogP contribution in [0.25, 0.3) is 11.0 Å². The number of furan rings is 1. The molecule has 92 valence electrons. The molecule has 2 aromatic rings. The molecule has 0 saturated carbocycles. The van der Waals surface area contributed by atoms with Gasteiger partial charge in [0.05, 0.1) is 9.85 Å². The summed E-state index contributed by atoms with van der Waals surface area (Å²) >= 11 is 0. The maximum atomic E-state index is 10.8. The maximum Gasteiger partial charge on any atom is 0.513 e. The van der Waals surface area contributed by atoms with E-state index in [0.717, 1.165) is 6.07 Å². The van der Waals surface area contributed by atoms with Crippen molar-refractivity contribution in [2.75, 3.05) is 0 Å². The number of nitro groups is 3. The first-order chi connectivity index (χ1) is 8.43. The highest BCUT2D eigenvalue weighted by Crippen LogP contribution is 2.42. The van der Waals surface area contributed by atoms with E-state index in [1.807, 2.05) is 0 Å². The predicted octanol–water partition coefficient (Wildman–Crippen LogP) is 2.16. The van der Waals surface area contributed by atoms with Crippen molar-refractivity contribution in [1.29, 1.82) is 0 Å². The van der Waals surface area contributed by atoms with Crippen molar-refractivity contribution in [3.8, 4) is 0 Å².